The van der Waals surface area contributed by atoms with Crippen LogP contribution in [0.25, 0.3) is 0 Å². The van der Waals surface area contributed by atoms with Crippen molar-refractivity contribution in [2.75, 3.05) is 6.61 Å². The van der Waals surface area contributed by atoms with Crippen LogP contribution in [0.4, 0.5) is 0 Å². The summed E-state index contributed by atoms with van der Waals surface area (Å²) in [6.45, 7) is 4.46. The van der Waals surface area contributed by atoms with Gasteiger partial charge in [-0.1, -0.05) is 19.8 Å². The molecule has 2 unspecified atom stereocenters. The smallest absolute Gasteiger partial charge is 0.169 e. The lowest BCUT2D eigenvalue weighted by molar-refractivity contribution is -0.110. The first kappa shape index (κ1) is 10.9. The Morgan fingerprint density at radius 2 is 2.09 bits per heavy atom. The second-order valence-corrected chi connectivity index (χ2v) is 2.83. The number of hydrogen-bond acceptors (Lipinski definition) is 3. The molecule has 0 aliphatic heterocycles. The molecule has 3 nitrogen and oxygen atoms in total. The molecule has 0 aromatic heterocycles. The van der Waals surface area contributed by atoms with Gasteiger partial charge in [-0.25, -0.2) is 0 Å². The van der Waals surface area contributed by atoms with Crippen molar-refractivity contribution < 1.29 is 9.84 Å². The van der Waals surface area contributed by atoms with Gasteiger partial charge < -0.3 is 15.6 Å². The Morgan fingerprint density at radius 1 is 1.45 bits per heavy atom. The highest BCUT2D eigenvalue weighted by Gasteiger charge is 2.07. The Hall–Kier alpha value is -0.120. The summed E-state index contributed by atoms with van der Waals surface area (Å²) < 4.78 is 5.04. The van der Waals surface area contributed by atoms with Gasteiger partial charge in [-0.15, -0.1) is 0 Å². The number of nitrogens with two attached hydrogens (primary N) is 1. The van der Waals surface area contributed by atoms with Crippen molar-refractivity contribution in [3.05, 3.63) is 0 Å². The molecule has 0 saturated heterocycles. The van der Waals surface area contributed by atoms with E-state index < -0.39 is 6.29 Å². The van der Waals surface area contributed by atoms with Gasteiger partial charge in [0, 0.05) is 6.61 Å². The average molecular weight is 161 g/mol. The van der Waals surface area contributed by atoms with E-state index in [1.165, 1.54) is 0 Å². The fraction of sp³-hybridized carbons (Fsp3) is 1.00. The third kappa shape index (κ3) is 6.28. The Labute approximate surface area is 68.5 Å². The summed E-state index contributed by atoms with van der Waals surface area (Å²) in [5.74, 6) is 0. The quantitative estimate of drug-likeness (QED) is 0.448. The van der Waals surface area contributed by atoms with Crippen molar-refractivity contribution in [1.29, 1.82) is 0 Å². The predicted molar refractivity (Wildman–Crippen MR) is 45.1 cm³/mol. The van der Waals surface area contributed by atoms with Gasteiger partial charge >= 0.3 is 0 Å². The van der Waals surface area contributed by atoms with Crippen LogP contribution in [0.15, 0.2) is 0 Å². The Bertz CT molecular complexity index is 86.2. The molecule has 0 amide bonds. The number of ether oxygens (including phenoxy) is 1. The zero-order valence-electron chi connectivity index (χ0n) is 7.42. The first-order chi connectivity index (χ1) is 5.18. The number of hydrogen-bond donors (Lipinski definition) is 2. The summed E-state index contributed by atoms with van der Waals surface area (Å²) in [5.41, 5.74) is 5.38. The average Bonchev–Trinajstić information content (AvgIpc) is 1.97. The first-order valence-electron chi connectivity index (χ1n) is 4.23. The summed E-state index contributed by atoms with van der Waals surface area (Å²) >= 11 is 0. The fourth-order valence-corrected chi connectivity index (χ4v) is 0.708. The monoisotopic (exact) mass is 161 g/mol. The molecule has 0 aliphatic rings. The van der Waals surface area contributed by atoms with Crippen LogP contribution >= 0.6 is 0 Å². The largest absolute Gasteiger partial charge is 0.367 e. The molecule has 0 fully saturated rings. The van der Waals surface area contributed by atoms with Crippen LogP contribution in [0.2, 0.25) is 0 Å². The highest BCUT2D eigenvalue weighted by molar-refractivity contribution is 4.54. The van der Waals surface area contributed by atoms with Gasteiger partial charge in [0.15, 0.2) is 6.29 Å². The minimum Gasteiger partial charge on any atom is -0.367 e. The third-order valence-electron chi connectivity index (χ3n) is 1.49. The summed E-state index contributed by atoms with van der Waals surface area (Å²) in [6.07, 6.45) is 2.51. The molecule has 0 aromatic rings. The molecule has 0 bridgehead atoms. The molecule has 0 aliphatic carbocycles. The van der Waals surface area contributed by atoms with Crippen molar-refractivity contribution in [2.45, 2.75) is 45.4 Å². The molecule has 0 radical (unpaired) electrons. The van der Waals surface area contributed by atoms with E-state index in [1.54, 1.807) is 6.92 Å². The van der Waals surface area contributed by atoms with Crippen molar-refractivity contribution in [3.8, 4) is 0 Å². The van der Waals surface area contributed by atoms with Gasteiger partial charge in [-0.3, -0.25) is 0 Å². The molecule has 0 rings (SSSR count). The second kappa shape index (κ2) is 6.58. The molecule has 0 aromatic carbocycles. The van der Waals surface area contributed by atoms with Crippen molar-refractivity contribution in [1.82, 2.24) is 0 Å². The van der Waals surface area contributed by atoms with Crippen molar-refractivity contribution in [3.63, 3.8) is 0 Å². The van der Waals surface area contributed by atoms with E-state index in [0.717, 1.165) is 19.3 Å². The standard InChI is InChI=1S/C8H19NO2/c1-3-4-5-6-11-8(10)7(2)9/h7-8,10H,3-6,9H2,1-2H3. The maximum absolute atomic E-state index is 9.08. The number of rotatable bonds is 6. The number of aliphatic hydroxyl groups is 1. The van der Waals surface area contributed by atoms with Crippen LogP contribution in [0.3, 0.4) is 0 Å². The fourth-order valence-electron chi connectivity index (χ4n) is 0.708. The van der Waals surface area contributed by atoms with Gasteiger partial charge in [0.1, 0.15) is 0 Å². The lowest BCUT2D eigenvalue weighted by Gasteiger charge is -2.14. The van der Waals surface area contributed by atoms with E-state index >= 15 is 0 Å². The van der Waals surface area contributed by atoms with Gasteiger partial charge in [-0.2, -0.15) is 0 Å². The second-order valence-electron chi connectivity index (χ2n) is 2.83. The maximum atomic E-state index is 9.08. The van der Waals surface area contributed by atoms with Crippen molar-refractivity contribution in [2.24, 2.45) is 5.73 Å². The molecule has 2 atom stereocenters. The van der Waals surface area contributed by atoms with E-state index in [4.69, 9.17) is 15.6 Å². The first-order valence-corrected chi connectivity index (χ1v) is 4.23. The Morgan fingerprint density at radius 3 is 2.55 bits per heavy atom. The molecule has 0 spiro atoms. The lowest BCUT2D eigenvalue weighted by atomic mass is 10.3. The maximum Gasteiger partial charge on any atom is 0.169 e. The normalized spacial score (nSPS) is 16.4. The summed E-state index contributed by atoms with van der Waals surface area (Å²) in [6, 6.07) is -0.295. The van der Waals surface area contributed by atoms with Crippen LogP contribution in [0.1, 0.15) is 33.1 Å². The molecule has 3 N–H and O–H groups in total. The minimum absolute atomic E-state index is 0.295. The summed E-state index contributed by atoms with van der Waals surface area (Å²) in [5, 5.41) is 9.08. The van der Waals surface area contributed by atoms with Gasteiger partial charge in [0.25, 0.3) is 0 Å². The van der Waals surface area contributed by atoms with E-state index in [2.05, 4.69) is 6.92 Å². The Kier molecular flexibility index (Phi) is 6.51. The van der Waals surface area contributed by atoms with Gasteiger partial charge in [-0.05, 0) is 13.3 Å². The van der Waals surface area contributed by atoms with Crippen LogP contribution < -0.4 is 5.73 Å². The molecular weight excluding hydrogens is 142 g/mol. The van der Waals surface area contributed by atoms with E-state index in [0.29, 0.717) is 6.61 Å². The zero-order valence-corrected chi connectivity index (χ0v) is 7.42. The molecule has 68 valence electrons. The van der Waals surface area contributed by atoms with Crippen molar-refractivity contribution >= 4 is 0 Å². The Balaban J connectivity index is 3.10. The molecular formula is C8H19NO2. The molecule has 3 heteroatoms. The van der Waals surface area contributed by atoms with Crippen LogP contribution in [-0.4, -0.2) is 24.0 Å². The summed E-state index contributed by atoms with van der Waals surface area (Å²) in [7, 11) is 0. The third-order valence-corrected chi connectivity index (χ3v) is 1.49. The number of aliphatic hydroxyl groups excluding tert-OH is 1. The van der Waals surface area contributed by atoms with Crippen LogP contribution in [0, 0.1) is 0 Å². The molecule has 0 heterocycles. The predicted octanol–water partition coefficient (Wildman–Crippen LogP) is 0.859. The van der Waals surface area contributed by atoms with E-state index in [1.807, 2.05) is 0 Å². The number of unbranched alkanes of at least 4 members (excludes halogenated alkanes) is 2. The molecule has 11 heavy (non-hydrogen) atoms. The topological polar surface area (TPSA) is 55.5 Å². The van der Waals surface area contributed by atoms with Crippen LogP contribution in [0.5, 0.6) is 0 Å². The van der Waals surface area contributed by atoms with Crippen LogP contribution in [-0.2, 0) is 4.74 Å². The van der Waals surface area contributed by atoms with E-state index in [-0.39, 0.29) is 6.04 Å². The van der Waals surface area contributed by atoms with Gasteiger partial charge in [0.2, 0.25) is 0 Å². The summed E-state index contributed by atoms with van der Waals surface area (Å²) in [4.78, 5) is 0. The highest BCUT2D eigenvalue weighted by Crippen LogP contribution is 1.97. The minimum atomic E-state index is -0.799. The molecule has 0 saturated carbocycles. The highest BCUT2D eigenvalue weighted by atomic mass is 16.6. The SMILES string of the molecule is CCCCCOC(O)C(C)N. The zero-order chi connectivity index (χ0) is 8.69. The lowest BCUT2D eigenvalue weighted by Crippen LogP contribution is -2.33. The van der Waals surface area contributed by atoms with Gasteiger partial charge in [0.05, 0.1) is 6.04 Å². The van der Waals surface area contributed by atoms with E-state index in [9.17, 15) is 0 Å².